The Morgan fingerprint density at radius 2 is 2.47 bits per heavy atom. The van der Waals surface area contributed by atoms with Crippen LogP contribution in [0.4, 0.5) is 5.69 Å². The lowest BCUT2D eigenvalue weighted by Crippen LogP contribution is -2.45. The minimum Gasteiger partial charge on any atom is -0.495 e. The highest BCUT2D eigenvalue weighted by molar-refractivity contribution is 9.10. The number of rotatable bonds is 4. The van der Waals surface area contributed by atoms with Crippen LogP contribution in [0.3, 0.4) is 0 Å². The van der Waals surface area contributed by atoms with Crippen molar-refractivity contribution in [2.24, 2.45) is 0 Å². The Kier molecular flexibility index (Phi) is 4.65. The van der Waals surface area contributed by atoms with E-state index in [1.807, 2.05) is 18.2 Å². The second-order valence-corrected chi connectivity index (χ2v) is 4.87. The van der Waals surface area contributed by atoms with Crippen LogP contribution in [0.1, 0.15) is 0 Å². The molecular weight excluding hydrogens is 284 g/mol. The van der Waals surface area contributed by atoms with Crippen molar-refractivity contribution < 1.29 is 9.47 Å². The van der Waals surface area contributed by atoms with Gasteiger partial charge in [0.25, 0.3) is 0 Å². The van der Waals surface area contributed by atoms with E-state index >= 15 is 0 Å². The van der Waals surface area contributed by atoms with Crippen molar-refractivity contribution in [1.29, 1.82) is 0 Å². The number of methoxy groups -OCH3 is 1. The van der Waals surface area contributed by atoms with E-state index in [1.165, 1.54) is 0 Å². The molecule has 4 nitrogen and oxygen atoms in total. The highest BCUT2D eigenvalue weighted by Crippen LogP contribution is 2.27. The monoisotopic (exact) mass is 300 g/mol. The maximum atomic E-state index is 5.41. The summed E-state index contributed by atoms with van der Waals surface area (Å²) in [5.74, 6) is 0.852. The van der Waals surface area contributed by atoms with E-state index in [-0.39, 0.29) is 0 Å². The van der Waals surface area contributed by atoms with Gasteiger partial charge in [-0.2, -0.15) is 0 Å². The van der Waals surface area contributed by atoms with Crippen LogP contribution in [-0.4, -0.2) is 39.5 Å². The molecule has 0 saturated carbocycles. The van der Waals surface area contributed by atoms with E-state index in [9.17, 15) is 0 Å². The Morgan fingerprint density at radius 3 is 3.18 bits per heavy atom. The van der Waals surface area contributed by atoms with E-state index < -0.39 is 0 Å². The first-order chi connectivity index (χ1) is 8.29. The van der Waals surface area contributed by atoms with Crippen LogP contribution in [0.5, 0.6) is 5.75 Å². The van der Waals surface area contributed by atoms with Gasteiger partial charge in [0.2, 0.25) is 0 Å². The maximum absolute atomic E-state index is 5.41. The zero-order chi connectivity index (χ0) is 12.1. The Labute approximate surface area is 110 Å². The number of anilines is 1. The first kappa shape index (κ1) is 12.7. The van der Waals surface area contributed by atoms with Crippen molar-refractivity contribution in [2.75, 3.05) is 38.7 Å². The summed E-state index contributed by atoms with van der Waals surface area (Å²) in [4.78, 5) is 0. The highest BCUT2D eigenvalue weighted by atomic mass is 79.9. The third-order valence-corrected chi connectivity index (χ3v) is 3.19. The molecule has 17 heavy (non-hydrogen) atoms. The predicted molar refractivity (Wildman–Crippen MR) is 71.8 cm³/mol. The van der Waals surface area contributed by atoms with Crippen molar-refractivity contribution in [2.45, 2.75) is 6.04 Å². The van der Waals surface area contributed by atoms with E-state index in [0.29, 0.717) is 6.04 Å². The van der Waals surface area contributed by atoms with Gasteiger partial charge in [-0.05, 0) is 18.2 Å². The molecule has 1 aliphatic rings. The van der Waals surface area contributed by atoms with Crippen molar-refractivity contribution >= 4 is 21.6 Å². The summed E-state index contributed by atoms with van der Waals surface area (Å²) in [6, 6.07) is 6.28. The third kappa shape index (κ3) is 3.59. The minimum absolute atomic E-state index is 0.354. The Morgan fingerprint density at radius 1 is 1.59 bits per heavy atom. The molecule has 0 aliphatic carbocycles. The molecule has 5 heteroatoms. The van der Waals surface area contributed by atoms with Crippen molar-refractivity contribution in [1.82, 2.24) is 5.32 Å². The fourth-order valence-electron chi connectivity index (χ4n) is 1.80. The molecule has 1 aromatic carbocycles. The molecule has 0 bridgehead atoms. The molecule has 0 spiro atoms. The van der Waals surface area contributed by atoms with E-state index in [0.717, 1.165) is 42.2 Å². The second-order valence-electron chi connectivity index (χ2n) is 3.95. The topological polar surface area (TPSA) is 42.5 Å². The number of ether oxygens (including phenoxy) is 2. The predicted octanol–water partition coefficient (Wildman–Crippen LogP) is 1.86. The average Bonchev–Trinajstić information content (AvgIpc) is 2.38. The largest absolute Gasteiger partial charge is 0.495 e. The van der Waals surface area contributed by atoms with Crippen LogP contribution in [0.15, 0.2) is 22.7 Å². The lowest BCUT2D eigenvalue weighted by Gasteiger charge is -2.24. The van der Waals surface area contributed by atoms with Crippen LogP contribution < -0.4 is 15.4 Å². The molecule has 2 rings (SSSR count). The van der Waals surface area contributed by atoms with E-state index in [2.05, 4.69) is 26.6 Å². The normalized spacial score (nSPS) is 20.0. The van der Waals surface area contributed by atoms with Gasteiger partial charge < -0.3 is 20.1 Å². The fourth-order valence-corrected chi connectivity index (χ4v) is 2.16. The second kappa shape index (κ2) is 6.23. The van der Waals surface area contributed by atoms with Gasteiger partial charge >= 0.3 is 0 Å². The van der Waals surface area contributed by atoms with E-state index in [1.54, 1.807) is 7.11 Å². The fraction of sp³-hybridized carbons (Fsp3) is 0.500. The molecule has 1 atom stereocenters. The maximum Gasteiger partial charge on any atom is 0.142 e. The molecular formula is C12H17BrN2O2. The smallest absolute Gasteiger partial charge is 0.142 e. The number of nitrogens with one attached hydrogen (secondary N) is 2. The summed E-state index contributed by atoms with van der Waals surface area (Å²) in [7, 11) is 1.68. The lowest BCUT2D eigenvalue weighted by molar-refractivity contribution is 0.0806. The molecule has 1 heterocycles. The van der Waals surface area contributed by atoms with Gasteiger partial charge in [-0.15, -0.1) is 0 Å². The first-order valence-corrected chi connectivity index (χ1v) is 6.47. The minimum atomic E-state index is 0.354. The van der Waals surface area contributed by atoms with Gasteiger partial charge in [-0.1, -0.05) is 15.9 Å². The van der Waals surface area contributed by atoms with Gasteiger partial charge in [-0.25, -0.2) is 0 Å². The van der Waals surface area contributed by atoms with Gasteiger partial charge in [0.05, 0.1) is 26.0 Å². The molecule has 0 radical (unpaired) electrons. The zero-order valence-corrected chi connectivity index (χ0v) is 11.4. The summed E-state index contributed by atoms with van der Waals surface area (Å²) in [6.07, 6.45) is 0. The molecule has 94 valence electrons. The Hall–Kier alpha value is -0.780. The van der Waals surface area contributed by atoms with Crippen LogP contribution in [0.2, 0.25) is 0 Å². The van der Waals surface area contributed by atoms with Crippen molar-refractivity contribution in [3.8, 4) is 5.75 Å². The summed E-state index contributed by atoms with van der Waals surface area (Å²) in [5.41, 5.74) is 0.995. The summed E-state index contributed by atoms with van der Waals surface area (Å²) >= 11 is 3.46. The first-order valence-electron chi connectivity index (χ1n) is 5.68. The number of benzene rings is 1. The summed E-state index contributed by atoms with van der Waals surface area (Å²) < 4.78 is 11.7. The van der Waals surface area contributed by atoms with Gasteiger partial charge in [0, 0.05) is 23.6 Å². The van der Waals surface area contributed by atoms with Crippen molar-refractivity contribution in [3.63, 3.8) is 0 Å². The van der Waals surface area contributed by atoms with Crippen LogP contribution >= 0.6 is 15.9 Å². The molecule has 1 saturated heterocycles. The average molecular weight is 301 g/mol. The van der Waals surface area contributed by atoms with Crippen molar-refractivity contribution in [3.05, 3.63) is 22.7 Å². The third-order valence-electron chi connectivity index (χ3n) is 2.70. The molecule has 1 aromatic rings. The number of halogens is 1. The molecule has 1 aliphatic heterocycles. The van der Waals surface area contributed by atoms with Gasteiger partial charge in [0.1, 0.15) is 5.75 Å². The standard InChI is InChI=1S/C12H17BrN2O2/c1-16-12-3-2-9(13)6-11(12)15-7-10-8-17-5-4-14-10/h2-3,6,10,14-15H,4-5,7-8H2,1H3. The van der Waals surface area contributed by atoms with Crippen LogP contribution in [0, 0.1) is 0 Å². The lowest BCUT2D eigenvalue weighted by atomic mass is 10.2. The van der Waals surface area contributed by atoms with Crippen LogP contribution in [-0.2, 0) is 4.74 Å². The number of hydrogen-bond donors (Lipinski definition) is 2. The van der Waals surface area contributed by atoms with Gasteiger partial charge in [-0.3, -0.25) is 0 Å². The molecule has 2 N–H and O–H groups in total. The number of morpholine rings is 1. The SMILES string of the molecule is COc1ccc(Br)cc1NCC1COCCN1. The molecule has 1 unspecified atom stereocenters. The zero-order valence-electron chi connectivity index (χ0n) is 9.83. The highest BCUT2D eigenvalue weighted by Gasteiger charge is 2.13. The van der Waals surface area contributed by atoms with Gasteiger partial charge in [0.15, 0.2) is 0 Å². The van der Waals surface area contributed by atoms with Crippen LogP contribution in [0.25, 0.3) is 0 Å². The summed E-state index contributed by atoms with van der Waals surface area (Å²) in [5, 5.41) is 6.78. The quantitative estimate of drug-likeness (QED) is 0.891. The molecule has 1 fully saturated rings. The molecule has 0 aromatic heterocycles. The van der Waals surface area contributed by atoms with E-state index in [4.69, 9.17) is 9.47 Å². The number of hydrogen-bond acceptors (Lipinski definition) is 4. The summed E-state index contributed by atoms with van der Waals surface area (Å²) in [6.45, 7) is 3.30. The Bertz CT molecular complexity index is 368. The molecule has 0 amide bonds. The Balaban J connectivity index is 1.95.